The Balaban J connectivity index is 1.51. The van der Waals surface area contributed by atoms with Gasteiger partial charge in [0.2, 0.25) is 11.8 Å². The number of amides is 2. The SMILES string of the molecule is COc1cc([C@@H]2c3sc(=O)[nH]c3SC3C(=O)N(CC(=O)O)C(=O)C32)ccc1OCc1cccc(Cl)c1. The van der Waals surface area contributed by atoms with Crippen LogP contribution in [0.15, 0.2) is 52.3 Å². The molecule has 1 aromatic heterocycles. The van der Waals surface area contributed by atoms with Gasteiger partial charge in [-0.05, 0) is 35.4 Å². The molecule has 1 saturated heterocycles. The molecule has 36 heavy (non-hydrogen) atoms. The molecule has 0 aliphatic carbocycles. The van der Waals surface area contributed by atoms with E-state index in [1.807, 2.05) is 12.1 Å². The van der Waals surface area contributed by atoms with Crippen molar-refractivity contribution in [1.29, 1.82) is 0 Å². The molecule has 12 heteroatoms. The Kier molecular flexibility index (Phi) is 6.54. The topological polar surface area (TPSA) is 126 Å². The van der Waals surface area contributed by atoms with Gasteiger partial charge in [-0.3, -0.25) is 24.1 Å². The van der Waals surface area contributed by atoms with Crippen LogP contribution in [0.1, 0.15) is 21.9 Å². The lowest BCUT2D eigenvalue weighted by molar-refractivity contribution is -0.149. The van der Waals surface area contributed by atoms with E-state index in [0.717, 1.165) is 33.6 Å². The molecule has 186 valence electrons. The van der Waals surface area contributed by atoms with Crippen LogP contribution in [0.4, 0.5) is 0 Å². The van der Waals surface area contributed by atoms with Crippen LogP contribution in [0.25, 0.3) is 0 Å². The van der Waals surface area contributed by atoms with Crippen molar-refractivity contribution in [3.8, 4) is 11.5 Å². The maximum atomic E-state index is 13.3. The number of methoxy groups -OCH3 is 1. The summed E-state index contributed by atoms with van der Waals surface area (Å²) in [5.41, 5.74) is 1.52. The molecule has 5 rings (SSSR count). The molecular formula is C24H19ClN2O7S2. The number of fused-ring (bicyclic) bond motifs is 2. The van der Waals surface area contributed by atoms with Crippen LogP contribution >= 0.6 is 34.7 Å². The summed E-state index contributed by atoms with van der Waals surface area (Å²) < 4.78 is 11.5. The maximum Gasteiger partial charge on any atom is 0.323 e. The Bertz CT molecular complexity index is 1440. The maximum absolute atomic E-state index is 13.3. The number of carbonyl (C=O) groups excluding carboxylic acids is 2. The van der Waals surface area contributed by atoms with Gasteiger partial charge < -0.3 is 19.6 Å². The monoisotopic (exact) mass is 546 g/mol. The number of H-pyrrole nitrogens is 1. The standard InChI is InChI=1S/C24H19ClN2O7S2/c1-33-15-8-12(5-6-14(15)34-10-11-3-2-4-13(25)7-11)17-18-20(35-21-19(17)36-24(32)26-21)23(31)27(22(18)30)9-16(28)29/h2-8,17-18,20H,9-10H2,1H3,(H,26,32)(H,28,29)/t17-,18?,20?/m0/s1. The zero-order valence-electron chi connectivity index (χ0n) is 18.7. The van der Waals surface area contributed by atoms with E-state index in [0.29, 0.717) is 32.0 Å². The van der Waals surface area contributed by atoms with Crippen LogP contribution in [0.2, 0.25) is 5.02 Å². The van der Waals surface area contributed by atoms with Crippen molar-refractivity contribution in [1.82, 2.24) is 9.88 Å². The minimum absolute atomic E-state index is 0.252. The fraction of sp³-hybridized carbons (Fsp3) is 0.250. The molecule has 3 aromatic rings. The van der Waals surface area contributed by atoms with Gasteiger partial charge in [0.1, 0.15) is 18.4 Å². The van der Waals surface area contributed by atoms with Gasteiger partial charge in [0, 0.05) is 15.8 Å². The molecule has 3 heterocycles. The van der Waals surface area contributed by atoms with Crippen LogP contribution in [0.3, 0.4) is 0 Å². The van der Waals surface area contributed by atoms with Crippen molar-refractivity contribution >= 4 is 52.5 Å². The number of carbonyl (C=O) groups is 3. The number of thiazole rings is 1. The number of thioether (sulfide) groups is 1. The van der Waals surface area contributed by atoms with E-state index in [2.05, 4.69) is 4.98 Å². The normalized spacial score (nSPS) is 20.7. The molecule has 2 unspecified atom stereocenters. The summed E-state index contributed by atoms with van der Waals surface area (Å²) in [5.74, 6) is -3.04. The fourth-order valence-corrected chi connectivity index (χ4v) is 7.26. The smallest absolute Gasteiger partial charge is 0.323 e. The minimum Gasteiger partial charge on any atom is -0.493 e. The van der Waals surface area contributed by atoms with Crippen LogP contribution in [-0.2, 0) is 21.0 Å². The molecule has 1 fully saturated rings. The number of aliphatic carboxylic acids is 1. The average molecular weight is 547 g/mol. The Labute approximate surface area is 218 Å². The third-order valence-corrected chi connectivity index (χ3v) is 8.67. The number of benzene rings is 2. The number of nitrogens with zero attached hydrogens (tertiary/aromatic N) is 1. The van der Waals surface area contributed by atoms with Gasteiger partial charge in [-0.2, -0.15) is 0 Å². The van der Waals surface area contributed by atoms with Crippen molar-refractivity contribution < 1.29 is 29.0 Å². The van der Waals surface area contributed by atoms with E-state index >= 15 is 0 Å². The van der Waals surface area contributed by atoms with Gasteiger partial charge in [0.25, 0.3) is 0 Å². The predicted octanol–water partition coefficient (Wildman–Crippen LogP) is 3.35. The number of hydrogen-bond donors (Lipinski definition) is 2. The van der Waals surface area contributed by atoms with Crippen molar-refractivity contribution in [3.05, 3.63) is 73.2 Å². The highest BCUT2D eigenvalue weighted by Crippen LogP contribution is 2.53. The van der Waals surface area contributed by atoms with Gasteiger partial charge in [-0.15, -0.1) is 0 Å². The molecular weight excluding hydrogens is 528 g/mol. The third kappa shape index (κ3) is 4.38. The van der Waals surface area contributed by atoms with Crippen LogP contribution in [0.5, 0.6) is 11.5 Å². The Morgan fingerprint density at radius 1 is 1.14 bits per heavy atom. The summed E-state index contributed by atoms with van der Waals surface area (Å²) in [6.45, 7) is -0.455. The summed E-state index contributed by atoms with van der Waals surface area (Å²) in [6, 6.07) is 12.5. The molecule has 2 aromatic carbocycles. The molecule has 9 nitrogen and oxygen atoms in total. The number of carboxylic acid groups (broad SMARTS) is 1. The molecule has 3 atom stereocenters. The highest BCUT2D eigenvalue weighted by Gasteiger charge is 2.56. The second-order valence-corrected chi connectivity index (χ2v) is 10.8. The number of ether oxygens (including phenoxy) is 2. The summed E-state index contributed by atoms with van der Waals surface area (Å²) in [7, 11) is 1.49. The highest BCUT2D eigenvalue weighted by molar-refractivity contribution is 8.00. The number of nitrogens with one attached hydrogen (secondary N) is 1. The largest absolute Gasteiger partial charge is 0.493 e. The van der Waals surface area contributed by atoms with Crippen molar-refractivity contribution in [2.75, 3.05) is 13.7 Å². The third-order valence-electron chi connectivity index (χ3n) is 6.04. The van der Waals surface area contributed by atoms with E-state index in [1.54, 1.807) is 30.3 Å². The quantitative estimate of drug-likeness (QED) is 0.432. The summed E-state index contributed by atoms with van der Waals surface area (Å²) >= 11 is 8.11. The van der Waals surface area contributed by atoms with Gasteiger partial charge in [-0.1, -0.05) is 52.9 Å². The zero-order chi connectivity index (χ0) is 25.6. The lowest BCUT2D eigenvalue weighted by atomic mass is 9.83. The second kappa shape index (κ2) is 9.64. The zero-order valence-corrected chi connectivity index (χ0v) is 21.1. The number of rotatable bonds is 7. The minimum atomic E-state index is -1.28. The molecule has 2 N–H and O–H groups in total. The molecule has 2 aliphatic rings. The molecule has 2 aliphatic heterocycles. The second-order valence-electron chi connectivity index (χ2n) is 8.24. The van der Waals surface area contributed by atoms with Gasteiger partial charge in [-0.25, -0.2) is 0 Å². The molecule has 0 spiro atoms. The predicted molar refractivity (Wildman–Crippen MR) is 133 cm³/mol. The number of carboxylic acids is 1. The van der Waals surface area contributed by atoms with E-state index < -0.39 is 41.4 Å². The molecule has 2 amide bonds. The van der Waals surface area contributed by atoms with Crippen LogP contribution < -0.4 is 14.3 Å². The number of imide groups is 1. The number of aromatic amines is 1. The highest BCUT2D eigenvalue weighted by atomic mass is 35.5. The number of hydrogen-bond acceptors (Lipinski definition) is 8. The van der Waals surface area contributed by atoms with Crippen molar-refractivity contribution in [2.24, 2.45) is 5.92 Å². The summed E-state index contributed by atoms with van der Waals surface area (Å²) in [4.78, 5) is 53.6. The summed E-state index contributed by atoms with van der Waals surface area (Å²) in [5, 5.41) is 9.47. The average Bonchev–Trinajstić information content (AvgIpc) is 3.33. The first kappa shape index (κ1) is 24.4. The fourth-order valence-electron chi connectivity index (χ4n) is 4.51. The molecule has 0 radical (unpaired) electrons. The number of likely N-dealkylation sites (tertiary alicyclic amines) is 1. The van der Waals surface area contributed by atoms with Crippen molar-refractivity contribution in [3.63, 3.8) is 0 Å². The van der Waals surface area contributed by atoms with Crippen LogP contribution in [-0.4, -0.2) is 51.7 Å². The first-order valence-electron chi connectivity index (χ1n) is 10.8. The Morgan fingerprint density at radius 2 is 1.94 bits per heavy atom. The molecule has 0 saturated carbocycles. The van der Waals surface area contributed by atoms with E-state index in [1.165, 1.54) is 7.11 Å². The first-order valence-corrected chi connectivity index (χ1v) is 12.9. The van der Waals surface area contributed by atoms with Crippen molar-refractivity contribution in [2.45, 2.75) is 22.8 Å². The van der Waals surface area contributed by atoms with Crippen LogP contribution in [0, 0.1) is 5.92 Å². The van der Waals surface area contributed by atoms with E-state index in [4.69, 9.17) is 21.1 Å². The lowest BCUT2D eigenvalue weighted by Gasteiger charge is -2.30. The lowest BCUT2D eigenvalue weighted by Crippen LogP contribution is -2.36. The van der Waals surface area contributed by atoms with E-state index in [9.17, 15) is 24.3 Å². The van der Waals surface area contributed by atoms with Gasteiger partial charge >= 0.3 is 10.8 Å². The Morgan fingerprint density at radius 3 is 2.67 bits per heavy atom. The first-order chi connectivity index (χ1) is 17.3. The van der Waals surface area contributed by atoms with E-state index in [-0.39, 0.29) is 11.5 Å². The summed E-state index contributed by atoms with van der Waals surface area (Å²) in [6.07, 6.45) is 0. The number of halogens is 1. The van der Waals surface area contributed by atoms with Gasteiger partial charge in [0.05, 0.1) is 18.1 Å². The number of aromatic nitrogens is 1. The molecule has 0 bridgehead atoms. The Hall–Kier alpha value is -3.28. The van der Waals surface area contributed by atoms with Gasteiger partial charge in [0.15, 0.2) is 11.5 Å².